The average molecular weight is 492 g/mol. The summed E-state index contributed by atoms with van der Waals surface area (Å²) in [6, 6.07) is 36.0. The zero-order chi connectivity index (χ0) is 25.3. The third kappa shape index (κ3) is 6.03. The summed E-state index contributed by atoms with van der Waals surface area (Å²) in [5, 5.41) is 3.25. The van der Waals surface area contributed by atoms with Crippen molar-refractivity contribution in [2.75, 3.05) is 26.2 Å². The number of aromatic nitrogens is 1. The molecule has 0 aliphatic carbocycles. The topological polar surface area (TPSA) is 48.1 Å². The number of nitrogens with one attached hydrogen (secondary N) is 2. The highest BCUT2D eigenvalue weighted by molar-refractivity contribution is 5.92. The molecule has 2 N–H and O–H groups in total. The molecule has 1 saturated heterocycles. The monoisotopic (exact) mass is 491 g/mol. The van der Waals surface area contributed by atoms with Gasteiger partial charge in [-0.05, 0) is 80.1 Å². The highest BCUT2D eigenvalue weighted by Gasteiger charge is 2.35. The number of nitrogens with zero attached hydrogens (tertiary/aromatic N) is 1. The molecule has 0 unspecified atom stereocenters. The quantitative estimate of drug-likeness (QED) is 0.270. The number of hydrogen-bond acceptors (Lipinski definition) is 2. The summed E-state index contributed by atoms with van der Waals surface area (Å²) in [6.07, 6.45) is 6.26. The van der Waals surface area contributed by atoms with E-state index in [-0.39, 0.29) is 11.3 Å². The molecule has 190 valence electrons. The first-order valence-corrected chi connectivity index (χ1v) is 13.5. The Morgan fingerprint density at radius 1 is 0.811 bits per heavy atom. The molecule has 1 aliphatic heterocycles. The SMILES string of the molecule is O=C(NCC(CCCN1CCC(c2ccccc2)CC1)(c1ccccc1)c1ccccc1)c1ccc[nH]1. The Kier molecular flexibility index (Phi) is 8.17. The fourth-order valence-electron chi connectivity index (χ4n) is 5.88. The van der Waals surface area contributed by atoms with E-state index in [4.69, 9.17) is 0 Å². The number of aromatic amines is 1. The van der Waals surface area contributed by atoms with Gasteiger partial charge in [-0.15, -0.1) is 0 Å². The van der Waals surface area contributed by atoms with E-state index in [1.54, 1.807) is 6.20 Å². The lowest BCUT2D eigenvalue weighted by Gasteiger charge is -2.37. The zero-order valence-corrected chi connectivity index (χ0v) is 21.5. The second-order valence-corrected chi connectivity index (χ2v) is 10.2. The minimum atomic E-state index is -0.298. The van der Waals surface area contributed by atoms with Gasteiger partial charge in [0.15, 0.2) is 0 Å². The predicted molar refractivity (Wildman–Crippen MR) is 151 cm³/mol. The third-order valence-corrected chi connectivity index (χ3v) is 7.98. The van der Waals surface area contributed by atoms with Crippen LogP contribution in [0.25, 0.3) is 0 Å². The summed E-state index contributed by atoms with van der Waals surface area (Å²) < 4.78 is 0. The van der Waals surface area contributed by atoms with Crippen LogP contribution in [0.2, 0.25) is 0 Å². The van der Waals surface area contributed by atoms with Gasteiger partial charge in [-0.2, -0.15) is 0 Å². The van der Waals surface area contributed by atoms with Gasteiger partial charge in [0.05, 0.1) is 0 Å². The molecule has 4 heteroatoms. The maximum atomic E-state index is 12.9. The van der Waals surface area contributed by atoms with Crippen LogP contribution in [0.4, 0.5) is 0 Å². The molecule has 0 saturated carbocycles. The Bertz CT molecular complexity index is 1180. The van der Waals surface area contributed by atoms with E-state index in [0.717, 1.165) is 32.5 Å². The highest BCUT2D eigenvalue weighted by atomic mass is 16.1. The van der Waals surface area contributed by atoms with Gasteiger partial charge in [0.25, 0.3) is 5.91 Å². The summed E-state index contributed by atoms with van der Waals surface area (Å²) in [5.74, 6) is 0.609. The van der Waals surface area contributed by atoms with Gasteiger partial charge in [-0.25, -0.2) is 0 Å². The van der Waals surface area contributed by atoms with E-state index in [1.165, 1.54) is 29.5 Å². The van der Waals surface area contributed by atoms with Crippen LogP contribution in [0.5, 0.6) is 0 Å². The zero-order valence-electron chi connectivity index (χ0n) is 21.5. The lowest BCUT2D eigenvalue weighted by atomic mass is 9.71. The molecule has 0 bridgehead atoms. The Balaban J connectivity index is 1.30. The summed E-state index contributed by atoms with van der Waals surface area (Å²) in [7, 11) is 0. The molecule has 0 radical (unpaired) electrons. The fraction of sp³-hybridized carbons (Fsp3) is 0.303. The Labute approximate surface area is 220 Å². The minimum absolute atomic E-state index is 0.0655. The van der Waals surface area contributed by atoms with Crippen molar-refractivity contribution in [3.8, 4) is 0 Å². The number of carbonyl (C=O) groups is 1. The lowest BCUT2D eigenvalue weighted by Crippen LogP contribution is -2.43. The molecule has 2 heterocycles. The number of H-pyrrole nitrogens is 1. The summed E-state index contributed by atoms with van der Waals surface area (Å²) in [6.45, 7) is 3.92. The average Bonchev–Trinajstić information content (AvgIpc) is 3.52. The first-order valence-electron chi connectivity index (χ1n) is 13.5. The van der Waals surface area contributed by atoms with Crippen molar-refractivity contribution in [3.05, 3.63) is 132 Å². The van der Waals surface area contributed by atoms with Gasteiger partial charge in [0.1, 0.15) is 5.69 Å². The number of rotatable bonds is 10. The predicted octanol–water partition coefficient (Wildman–Crippen LogP) is 6.39. The fourth-order valence-corrected chi connectivity index (χ4v) is 5.88. The lowest BCUT2D eigenvalue weighted by molar-refractivity contribution is 0.0940. The largest absolute Gasteiger partial charge is 0.357 e. The molecule has 5 rings (SSSR count). The Hall–Kier alpha value is -3.63. The van der Waals surface area contributed by atoms with Crippen LogP contribution in [-0.2, 0) is 5.41 Å². The maximum Gasteiger partial charge on any atom is 0.267 e. The van der Waals surface area contributed by atoms with Crippen LogP contribution in [0.1, 0.15) is 58.8 Å². The summed E-state index contributed by atoms with van der Waals surface area (Å²) >= 11 is 0. The molecule has 1 aliphatic rings. The number of carbonyl (C=O) groups excluding carboxylic acids is 1. The Morgan fingerprint density at radius 3 is 1.97 bits per heavy atom. The van der Waals surface area contributed by atoms with Crippen molar-refractivity contribution in [1.29, 1.82) is 0 Å². The highest BCUT2D eigenvalue weighted by Crippen LogP contribution is 2.37. The molecule has 0 spiro atoms. The second kappa shape index (κ2) is 12.1. The van der Waals surface area contributed by atoms with Crippen LogP contribution in [0, 0.1) is 0 Å². The first-order chi connectivity index (χ1) is 18.2. The van der Waals surface area contributed by atoms with Crippen LogP contribution in [0.15, 0.2) is 109 Å². The normalized spacial score (nSPS) is 14.9. The molecule has 1 fully saturated rings. The number of hydrogen-bond donors (Lipinski definition) is 2. The van der Waals surface area contributed by atoms with Gasteiger partial charge in [0.2, 0.25) is 0 Å². The third-order valence-electron chi connectivity index (χ3n) is 7.98. The van der Waals surface area contributed by atoms with Crippen molar-refractivity contribution in [1.82, 2.24) is 15.2 Å². The van der Waals surface area contributed by atoms with Crippen LogP contribution < -0.4 is 5.32 Å². The van der Waals surface area contributed by atoms with E-state index in [2.05, 4.69) is 106 Å². The maximum absolute atomic E-state index is 12.9. The molecular formula is C33H37N3O. The van der Waals surface area contributed by atoms with Crippen LogP contribution in [-0.4, -0.2) is 42.0 Å². The van der Waals surface area contributed by atoms with Gasteiger partial charge >= 0.3 is 0 Å². The van der Waals surface area contributed by atoms with Gasteiger partial charge < -0.3 is 15.2 Å². The number of piperidine rings is 1. The van der Waals surface area contributed by atoms with Crippen molar-refractivity contribution in [2.24, 2.45) is 0 Å². The standard InChI is InChI=1S/C33H37N3O/c37-32(31-18-10-22-34-31)35-26-33(29-14-6-2-7-15-29,30-16-8-3-9-17-30)21-11-23-36-24-19-28(20-25-36)27-12-4-1-5-13-27/h1-10,12-18,22,28,34H,11,19-21,23-26H2,(H,35,37). The molecular weight excluding hydrogens is 454 g/mol. The van der Waals surface area contributed by atoms with Crippen molar-refractivity contribution < 1.29 is 4.79 Å². The second-order valence-electron chi connectivity index (χ2n) is 10.2. The number of likely N-dealkylation sites (tertiary alicyclic amines) is 1. The molecule has 4 aromatic rings. The number of benzene rings is 3. The van der Waals surface area contributed by atoms with Crippen molar-refractivity contribution in [2.45, 2.75) is 37.0 Å². The Morgan fingerprint density at radius 2 is 1.41 bits per heavy atom. The van der Waals surface area contributed by atoms with Gasteiger partial charge in [-0.3, -0.25) is 4.79 Å². The molecule has 1 aromatic heterocycles. The van der Waals surface area contributed by atoms with E-state index in [9.17, 15) is 4.79 Å². The molecule has 3 aromatic carbocycles. The van der Waals surface area contributed by atoms with Crippen molar-refractivity contribution in [3.63, 3.8) is 0 Å². The number of amides is 1. The van der Waals surface area contributed by atoms with Crippen molar-refractivity contribution >= 4 is 5.91 Å². The summed E-state index contributed by atoms with van der Waals surface area (Å²) in [5.41, 5.74) is 4.27. The van der Waals surface area contributed by atoms with Gasteiger partial charge in [-0.1, -0.05) is 91.0 Å². The van der Waals surface area contributed by atoms with E-state index in [0.29, 0.717) is 18.2 Å². The van der Waals surface area contributed by atoms with E-state index < -0.39 is 0 Å². The first kappa shape index (κ1) is 25.0. The van der Waals surface area contributed by atoms with E-state index in [1.807, 2.05) is 12.1 Å². The molecule has 1 amide bonds. The minimum Gasteiger partial charge on any atom is -0.357 e. The van der Waals surface area contributed by atoms with Crippen LogP contribution in [0.3, 0.4) is 0 Å². The summed E-state index contributed by atoms with van der Waals surface area (Å²) in [4.78, 5) is 18.6. The molecule has 4 nitrogen and oxygen atoms in total. The molecule has 37 heavy (non-hydrogen) atoms. The molecule has 0 atom stereocenters. The van der Waals surface area contributed by atoms with Crippen LogP contribution >= 0.6 is 0 Å². The smallest absolute Gasteiger partial charge is 0.267 e. The van der Waals surface area contributed by atoms with Gasteiger partial charge in [0, 0.05) is 18.2 Å². The van der Waals surface area contributed by atoms with E-state index >= 15 is 0 Å².